The Morgan fingerprint density at radius 3 is 3.06 bits per heavy atom. The van der Waals surface area contributed by atoms with E-state index in [1.165, 1.54) is 6.92 Å². The molecule has 17 heavy (non-hydrogen) atoms. The summed E-state index contributed by atoms with van der Waals surface area (Å²) in [5.74, 6) is 0.866. The summed E-state index contributed by atoms with van der Waals surface area (Å²) in [6.07, 6.45) is 3.86. The lowest BCUT2D eigenvalue weighted by molar-refractivity contribution is -0.118. The first-order chi connectivity index (χ1) is 8.25. The average molecular weight is 232 g/mol. The van der Waals surface area contributed by atoms with E-state index in [1.807, 2.05) is 6.07 Å². The smallest absolute Gasteiger partial charge is 0.249 e. The lowest BCUT2D eigenvalue weighted by Gasteiger charge is -1.97. The van der Waals surface area contributed by atoms with Crippen LogP contribution in [0.1, 0.15) is 12.8 Å². The zero-order valence-electron chi connectivity index (χ0n) is 9.38. The lowest BCUT2D eigenvalue weighted by Crippen LogP contribution is -2.22. The maximum Gasteiger partial charge on any atom is 0.249 e. The van der Waals surface area contributed by atoms with Crippen molar-refractivity contribution in [1.29, 1.82) is 0 Å². The zero-order chi connectivity index (χ0) is 12.1. The van der Waals surface area contributed by atoms with Crippen LogP contribution in [0, 0.1) is 0 Å². The number of rotatable bonds is 4. The van der Waals surface area contributed by atoms with Gasteiger partial charge in [-0.2, -0.15) is 0 Å². The molecule has 0 radical (unpaired) electrons. The van der Waals surface area contributed by atoms with Crippen LogP contribution in [0.5, 0.6) is 0 Å². The van der Waals surface area contributed by atoms with Crippen LogP contribution in [0.3, 0.4) is 0 Å². The summed E-state index contributed by atoms with van der Waals surface area (Å²) in [5.41, 5.74) is 0.783. The third kappa shape index (κ3) is 3.10. The number of nitrogens with zero attached hydrogens (tertiary/aromatic N) is 3. The number of carbonyl (C=O) groups is 1. The number of carbonyl (C=O) groups excluding carboxylic acids is 1. The zero-order valence-corrected chi connectivity index (χ0v) is 9.38. The van der Waals surface area contributed by atoms with Crippen LogP contribution in [-0.2, 0) is 11.2 Å². The van der Waals surface area contributed by atoms with E-state index < -0.39 is 0 Å². The largest absolute Gasteiger partial charge is 0.421 e. The normalized spacial score (nSPS) is 10.2. The summed E-state index contributed by atoms with van der Waals surface area (Å²) >= 11 is 0. The predicted molar refractivity (Wildman–Crippen MR) is 59.9 cm³/mol. The standard InChI is InChI=1S/C11H12N4O2/c1-8(16)13-6-4-10-14-15-11(17-10)9-3-2-5-12-7-9/h2-3,5,7H,4,6H2,1H3,(H,13,16). The second kappa shape index (κ2) is 5.20. The summed E-state index contributed by atoms with van der Waals surface area (Å²) in [7, 11) is 0. The Bertz CT molecular complexity index is 495. The summed E-state index contributed by atoms with van der Waals surface area (Å²) in [6, 6.07) is 3.65. The average Bonchev–Trinajstić information content (AvgIpc) is 2.78. The van der Waals surface area contributed by atoms with Gasteiger partial charge >= 0.3 is 0 Å². The summed E-state index contributed by atoms with van der Waals surface area (Å²) < 4.78 is 5.44. The highest BCUT2D eigenvalue weighted by Gasteiger charge is 2.07. The first-order valence-electron chi connectivity index (χ1n) is 5.23. The van der Waals surface area contributed by atoms with Crippen LogP contribution < -0.4 is 5.32 Å². The Kier molecular flexibility index (Phi) is 3.44. The number of pyridine rings is 1. The van der Waals surface area contributed by atoms with E-state index in [0.29, 0.717) is 24.7 Å². The minimum absolute atomic E-state index is 0.0722. The molecule has 0 saturated heterocycles. The second-order valence-electron chi connectivity index (χ2n) is 3.48. The molecule has 0 atom stereocenters. The minimum atomic E-state index is -0.0722. The topological polar surface area (TPSA) is 80.9 Å². The SMILES string of the molecule is CC(=O)NCCc1nnc(-c2cccnc2)o1. The van der Waals surface area contributed by atoms with E-state index >= 15 is 0 Å². The van der Waals surface area contributed by atoms with Crippen LogP contribution in [0.15, 0.2) is 28.9 Å². The second-order valence-corrected chi connectivity index (χ2v) is 3.48. The van der Waals surface area contributed by atoms with E-state index in [1.54, 1.807) is 18.5 Å². The van der Waals surface area contributed by atoms with Crippen molar-refractivity contribution in [2.24, 2.45) is 0 Å². The Hall–Kier alpha value is -2.24. The fourth-order valence-electron chi connectivity index (χ4n) is 1.31. The number of amides is 1. The van der Waals surface area contributed by atoms with Crippen LogP contribution in [0.4, 0.5) is 0 Å². The van der Waals surface area contributed by atoms with Crippen LogP contribution in [0.2, 0.25) is 0 Å². The van der Waals surface area contributed by atoms with Gasteiger partial charge in [-0.25, -0.2) is 0 Å². The van der Waals surface area contributed by atoms with Gasteiger partial charge in [0.15, 0.2) is 0 Å². The van der Waals surface area contributed by atoms with Gasteiger partial charge in [-0.3, -0.25) is 9.78 Å². The first-order valence-corrected chi connectivity index (χ1v) is 5.23. The first kappa shape index (κ1) is 11.3. The Morgan fingerprint density at radius 2 is 2.35 bits per heavy atom. The number of hydrogen-bond donors (Lipinski definition) is 1. The molecule has 0 aliphatic heterocycles. The van der Waals surface area contributed by atoms with Crippen LogP contribution in [0.25, 0.3) is 11.5 Å². The van der Waals surface area contributed by atoms with E-state index in [0.717, 1.165) is 5.56 Å². The van der Waals surface area contributed by atoms with Crippen molar-refractivity contribution >= 4 is 5.91 Å². The fraction of sp³-hybridized carbons (Fsp3) is 0.273. The van der Waals surface area contributed by atoms with E-state index in [2.05, 4.69) is 20.5 Å². The van der Waals surface area contributed by atoms with Crippen LogP contribution >= 0.6 is 0 Å². The molecule has 0 bridgehead atoms. The molecule has 1 N–H and O–H groups in total. The third-order valence-corrected chi connectivity index (χ3v) is 2.09. The quantitative estimate of drug-likeness (QED) is 0.843. The van der Waals surface area contributed by atoms with Gasteiger partial charge < -0.3 is 9.73 Å². The maximum atomic E-state index is 10.7. The monoisotopic (exact) mass is 232 g/mol. The summed E-state index contributed by atoms with van der Waals surface area (Å²) in [6.45, 7) is 1.96. The molecule has 2 heterocycles. The molecule has 6 nitrogen and oxygen atoms in total. The van der Waals surface area contributed by atoms with Gasteiger partial charge in [0.05, 0.1) is 5.56 Å². The maximum absolute atomic E-state index is 10.7. The van der Waals surface area contributed by atoms with Crippen molar-refractivity contribution in [2.45, 2.75) is 13.3 Å². The van der Waals surface area contributed by atoms with Gasteiger partial charge in [-0.15, -0.1) is 10.2 Å². The highest BCUT2D eigenvalue weighted by atomic mass is 16.4. The van der Waals surface area contributed by atoms with E-state index in [4.69, 9.17) is 4.42 Å². The highest BCUT2D eigenvalue weighted by Crippen LogP contribution is 2.15. The number of aromatic nitrogens is 3. The van der Waals surface area contributed by atoms with Gasteiger partial charge in [-0.05, 0) is 12.1 Å². The number of nitrogens with one attached hydrogen (secondary N) is 1. The Morgan fingerprint density at radius 1 is 1.47 bits per heavy atom. The molecule has 0 aliphatic rings. The van der Waals surface area contributed by atoms with Crippen molar-refractivity contribution in [2.75, 3.05) is 6.54 Å². The summed E-state index contributed by atoms with van der Waals surface area (Å²) in [5, 5.41) is 10.5. The molecule has 6 heteroatoms. The van der Waals surface area contributed by atoms with Crippen molar-refractivity contribution in [3.05, 3.63) is 30.4 Å². The Balaban J connectivity index is 1.99. The van der Waals surface area contributed by atoms with Gasteiger partial charge in [-0.1, -0.05) is 0 Å². The van der Waals surface area contributed by atoms with Gasteiger partial charge in [0, 0.05) is 32.3 Å². The molecule has 88 valence electrons. The van der Waals surface area contributed by atoms with Crippen molar-refractivity contribution in [3.63, 3.8) is 0 Å². The minimum Gasteiger partial charge on any atom is -0.421 e. The molecular weight excluding hydrogens is 220 g/mol. The Labute approximate surface area is 98.1 Å². The van der Waals surface area contributed by atoms with Crippen molar-refractivity contribution in [3.8, 4) is 11.5 Å². The summed E-state index contributed by atoms with van der Waals surface area (Å²) in [4.78, 5) is 14.6. The molecular formula is C11H12N4O2. The molecule has 0 aromatic carbocycles. The number of hydrogen-bond acceptors (Lipinski definition) is 5. The highest BCUT2D eigenvalue weighted by molar-refractivity contribution is 5.72. The molecule has 0 unspecified atom stereocenters. The fourth-order valence-corrected chi connectivity index (χ4v) is 1.31. The molecule has 2 aromatic rings. The molecule has 0 spiro atoms. The predicted octanol–water partition coefficient (Wildman–Crippen LogP) is 0.810. The molecule has 2 rings (SSSR count). The van der Waals surface area contributed by atoms with Gasteiger partial charge in [0.2, 0.25) is 17.7 Å². The third-order valence-electron chi connectivity index (χ3n) is 2.09. The lowest BCUT2D eigenvalue weighted by atomic mass is 10.3. The molecule has 2 aromatic heterocycles. The van der Waals surface area contributed by atoms with Crippen LogP contribution in [-0.4, -0.2) is 27.6 Å². The van der Waals surface area contributed by atoms with Crippen molar-refractivity contribution < 1.29 is 9.21 Å². The molecule has 1 amide bonds. The van der Waals surface area contributed by atoms with Gasteiger partial charge in [0.1, 0.15) is 0 Å². The van der Waals surface area contributed by atoms with E-state index in [-0.39, 0.29) is 5.91 Å². The molecule has 0 aliphatic carbocycles. The molecule has 0 fully saturated rings. The van der Waals surface area contributed by atoms with E-state index in [9.17, 15) is 4.79 Å². The van der Waals surface area contributed by atoms with Crippen molar-refractivity contribution in [1.82, 2.24) is 20.5 Å². The van der Waals surface area contributed by atoms with Gasteiger partial charge in [0.25, 0.3) is 0 Å². The molecule has 0 saturated carbocycles.